The van der Waals surface area contributed by atoms with Gasteiger partial charge in [-0.1, -0.05) is 19.9 Å². The lowest BCUT2D eigenvalue weighted by Gasteiger charge is -2.32. The number of morpholine rings is 1. The van der Waals surface area contributed by atoms with Crippen molar-refractivity contribution in [2.75, 3.05) is 45.9 Å². The number of nitrogens with one attached hydrogen (secondary N) is 1. The van der Waals surface area contributed by atoms with E-state index >= 15 is 0 Å². The van der Waals surface area contributed by atoms with Crippen molar-refractivity contribution in [1.82, 2.24) is 14.5 Å². The van der Waals surface area contributed by atoms with Crippen LogP contribution in [-0.2, 0) is 14.8 Å². The first-order chi connectivity index (χ1) is 12.4. The molecule has 0 radical (unpaired) electrons. The molecule has 0 aromatic heterocycles. The molecule has 2 rings (SSSR count). The van der Waals surface area contributed by atoms with Crippen molar-refractivity contribution in [2.45, 2.75) is 31.7 Å². The van der Waals surface area contributed by atoms with Crippen molar-refractivity contribution in [2.24, 2.45) is 0 Å². The van der Waals surface area contributed by atoms with Crippen LogP contribution < -0.4 is 5.32 Å². The summed E-state index contributed by atoms with van der Waals surface area (Å²) < 4.78 is 32.0. The first kappa shape index (κ1) is 20.8. The molecule has 0 aliphatic carbocycles. The third-order valence-corrected chi connectivity index (χ3v) is 6.71. The van der Waals surface area contributed by atoms with Crippen molar-refractivity contribution >= 4 is 15.9 Å². The second-order valence-electron chi connectivity index (χ2n) is 6.32. The van der Waals surface area contributed by atoms with Gasteiger partial charge in [-0.15, -0.1) is 0 Å². The number of sulfonamides is 1. The molecule has 0 spiro atoms. The van der Waals surface area contributed by atoms with E-state index in [1.54, 1.807) is 26.0 Å². The lowest BCUT2D eigenvalue weighted by molar-refractivity contribution is 0.0204. The van der Waals surface area contributed by atoms with E-state index in [1.165, 1.54) is 16.4 Å². The third kappa shape index (κ3) is 5.03. The van der Waals surface area contributed by atoms with Crippen LogP contribution in [0.15, 0.2) is 29.2 Å². The number of carbonyl (C=O) groups is 1. The highest BCUT2D eigenvalue weighted by atomic mass is 32.2. The first-order valence-electron chi connectivity index (χ1n) is 9.10. The average molecular weight is 384 g/mol. The summed E-state index contributed by atoms with van der Waals surface area (Å²) in [6, 6.07) is 6.42. The maximum absolute atomic E-state index is 12.6. The zero-order valence-electron chi connectivity index (χ0n) is 15.8. The summed E-state index contributed by atoms with van der Waals surface area (Å²) in [5.41, 5.74) is 0.354. The average Bonchev–Trinajstić information content (AvgIpc) is 2.67. The summed E-state index contributed by atoms with van der Waals surface area (Å²) in [5, 5.41) is 2.90. The van der Waals surface area contributed by atoms with Gasteiger partial charge >= 0.3 is 0 Å². The minimum absolute atomic E-state index is 0.148. The summed E-state index contributed by atoms with van der Waals surface area (Å²) in [7, 11) is -3.57. The molecular formula is C18H29N3O4S. The molecule has 0 bridgehead atoms. The summed E-state index contributed by atoms with van der Waals surface area (Å²) in [6.45, 7) is 10.1. The molecule has 7 nitrogen and oxygen atoms in total. The molecule has 146 valence electrons. The molecule has 0 saturated carbocycles. The molecule has 1 atom stereocenters. The van der Waals surface area contributed by atoms with Crippen molar-refractivity contribution in [1.29, 1.82) is 0 Å². The smallest absolute Gasteiger partial charge is 0.251 e. The highest BCUT2D eigenvalue weighted by Crippen LogP contribution is 2.17. The Balaban J connectivity index is 2.03. The SMILES string of the molecule is CCN(CC)S(=O)(=O)c1cccc(C(=O)NCC(C)N2CCOCC2)c1. The van der Waals surface area contributed by atoms with Crippen LogP contribution >= 0.6 is 0 Å². The van der Waals surface area contributed by atoms with Gasteiger partial charge in [0.2, 0.25) is 10.0 Å². The predicted octanol–water partition coefficient (Wildman–Crippen LogP) is 1.17. The second kappa shape index (κ2) is 9.45. The number of amides is 1. The van der Waals surface area contributed by atoms with Gasteiger partial charge in [-0.3, -0.25) is 9.69 Å². The van der Waals surface area contributed by atoms with Crippen LogP contribution in [0.2, 0.25) is 0 Å². The molecule has 1 amide bonds. The topological polar surface area (TPSA) is 79.0 Å². The number of rotatable bonds is 8. The number of hydrogen-bond acceptors (Lipinski definition) is 5. The van der Waals surface area contributed by atoms with E-state index in [9.17, 15) is 13.2 Å². The number of benzene rings is 1. The van der Waals surface area contributed by atoms with Gasteiger partial charge in [0.15, 0.2) is 0 Å². The fourth-order valence-electron chi connectivity index (χ4n) is 3.00. The Labute approximate surface area is 156 Å². The molecule has 1 saturated heterocycles. The maximum atomic E-state index is 12.6. The van der Waals surface area contributed by atoms with E-state index < -0.39 is 10.0 Å². The molecule has 1 aliphatic rings. The molecule has 1 heterocycles. The number of carbonyl (C=O) groups excluding carboxylic acids is 1. The first-order valence-corrected chi connectivity index (χ1v) is 10.5. The number of nitrogens with zero attached hydrogens (tertiary/aromatic N) is 2. The van der Waals surface area contributed by atoms with Gasteiger partial charge in [0.1, 0.15) is 0 Å². The standard InChI is InChI=1S/C18H29N3O4S/c1-4-21(5-2)26(23,24)17-8-6-7-16(13-17)18(22)19-14-15(3)20-9-11-25-12-10-20/h6-8,13,15H,4-5,9-12,14H2,1-3H3,(H,19,22). The fraction of sp³-hybridized carbons (Fsp3) is 0.611. The molecule has 1 fully saturated rings. The lowest BCUT2D eigenvalue weighted by Crippen LogP contribution is -2.47. The Morgan fingerprint density at radius 3 is 2.54 bits per heavy atom. The van der Waals surface area contributed by atoms with Crippen molar-refractivity contribution in [3.8, 4) is 0 Å². The van der Waals surface area contributed by atoms with Gasteiger partial charge in [0.25, 0.3) is 5.91 Å². The zero-order chi connectivity index (χ0) is 19.2. The zero-order valence-corrected chi connectivity index (χ0v) is 16.6. The van der Waals surface area contributed by atoms with Crippen molar-refractivity contribution in [3.05, 3.63) is 29.8 Å². The third-order valence-electron chi connectivity index (χ3n) is 4.67. The van der Waals surface area contributed by atoms with E-state index in [0.717, 1.165) is 13.1 Å². The van der Waals surface area contributed by atoms with Crippen LogP contribution in [0.1, 0.15) is 31.1 Å². The van der Waals surface area contributed by atoms with Crippen LogP contribution in [0, 0.1) is 0 Å². The van der Waals surface area contributed by atoms with Crippen LogP contribution in [0.5, 0.6) is 0 Å². The second-order valence-corrected chi connectivity index (χ2v) is 8.26. The van der Waals surface area contributed by atoms with E-state index in [4.69, 9.17) is 4.74 Å². The summed E-state index contributed by atoms with van der Waals surface area (Å²) in [4.78, 5) is 14.9. The van der Waals surface area contributed by atoms with Crippen LogP contribution in [0.3, 0.4) is 0 Å². The van der Waals surface area contributed by atoms with Crippen molar-refractivity contribution < 1.29 is 17.9 Å². The number of ether oxygens (including phenoxy) is 1. The predicted molar refractivity (Wildman–Crippen MR) is 101 cm³/mol. The van der Waals surface area contributed by atoms with Gasteiger partial charge in [0, 0.05) is 44.3 Å². The Bertz CT molecular complexity index is 698. The molecule has 1 aromatic rings. The van der Waals surface area contributed by atoms with Gasteiger partial charge in [-0.25, -0.2) is 8.42 Å². The van der Waals surface area contributed by atoms with Crippen LogP contribution in [0.4, 0.5) is 0 Å². The lowest BCUT2D eigenvalue weighted by atomic mass is 10.2. The Hall–Kier alpha value is -1.48. The molecule has 1 aromatic carbocycles. The Kier molecular flexibility index (Phi) is 7.57. The summed E-state index contributed by atoms with van der Waals surface area (Å²) >= 11 is 0. The van der Waals surface area contributed by atoms with E-state index in [1.807, 2.05) is 0 Å². The summed E-state index contributed by atoms with van der Waals surface area (Å²) in [5.74, 6) is -0.262. The highest BCUT2D eigenvalue weighted by molar-refractivity contribution is 7.89. The van der Waals surface area contributed by atoms with Crippen molar-refractivity contribution in [3.63, 3.8) is 0 Å². The van der Waals surface area contributed by atoms with Gasteiger partial charge in [-0.2, -0.15) is 4.31 Å². The minimum atomic E-state index is -3.57. The largest absolute Gasteiger partial charge is 0.379 e. The molecule has 1 N–H and O–H groups in total. The maximum Gasteiger partial charge on any atom is 0.251 e. The van der Waals surface area contributed by atoms with E-state index in [-0.39, 0.29) is 16.8 Å². The quantitative estimate of drug-likeness (QED) is 0.729. The molecular weight excluding hydrogens is 354 g/mol. The van der Waals surface area contributed by atoms with Gasteiger partial charge in [0.05, 0.1) is 18.1 Å². The fourth-order valence-corrected chi connectivity index (χ4v) is 4.50. The van der Waals surface area contributed by atoms with Crippen LogP contribution in [0.25, 0.3) is 0 Å². The summed E-state index contributed by atoms with van der Waals surface area (Å²) in [6.07, 6.45) is 0. The van der Waals surface area contributed by atoms with Gasteiger partial charge in [-0.05, 0) is 25.1 Å². The number of hydrogen-bond donors (Lipinski definition) is 1. The monoisotopic (exact) mass is 383 g/mol. The van der Waals surface area contributed by atoms with Crippen LogP contribution in [-0.4, -0.2) is 75.5 Å². The molecule has 1 unspecified atom stereocenters. The molecule has 8 heteroatoms. The van der Waals surface area contributed by atoms with Gasteiger partial charge < -0.3 is 10.1 Å². The minimum Gasteiger partial charge on any atom is -0.379 e. The van der Waals surface area contributed by atoms with E-state index in [0.29, 0.717) is 38.4 Å². The molecule has 1 aliphatic heterocycles. The normalized spacial score (nSPS) is 17.2. The Morgan fingerprint density at radius 1 is 1.27 bits per heavy atom. The van der Waals surface area contributed by atoms with E-state index in [2.05, 4.69) is 17.1 Å². The Morgan fingerprint density at radius 2 is 1.92 bits per heavy atom. The molecule has 26 heavy (non-hydrogen) atoms. The highest BCUT2D eigenvalue weighted by Gasteiger charge is 2.23.